The molecule has 1 saturated heterocycles. The second-order valence-electron chi connectivity index (χ2n) is 4.69. The number of rotatable bonds is 2. The van der Waals surface area contributed by atoms with Gasteiger partial charge in [0.15, 0.2) is 5.82 Å². The molecule has 1 aliphatic rings. The lowest BCUT2D eigenvalue weighted by molar-refractivity contribution is 0.479. The fourth-order valence-electron chi connectivity index (χ4n) is 2.50. The van der Waals surface area contributed by atoms with Gasteiger partial charge >= 0.3 is 0 Å². The Morgan fingerprint density at radius 1 is 1.22 bits per heavy atom. The number of fused-ring (bicyclic) bond motifs is 1. The number of pyridine rings is 1. The first kappa shape index (κ1) is 11.4. The third-order valence-electron chi connectivity index (χ3n) is 3.44. The van der Waals surface area contributed by atoms with E-state index >= 15 is 0 Å². The van der Waals surface area contributed by atoms with E-state index in [0.29, 0.717) is 11.4 Å². The molecule has 0 radical (unpaired) electrons. The van der Waals surface area contributed by atoms with Crippen molar-refractivity contribution in [2.24, 2.45) is 0 Å². The second-order valence-corrected chi connectivity index (χ2v) is 4.69. The van der Waals surface area contributed by atoms with Gasteiger partial charge in [0, 0.05) is 28.7 Å². The first-order chi connectivity index (χ1) is 8.84. The summed E-state index contributed by atoms with van der Waals surface area (Å²) < 4.78 is 13.9. The molecule has 3 nitrogen and oxygen atoms in total. The van der Waals surface area contributed by atoms with Crippen molar-refractivity contribution >= 4 is 16.5 Å². The summed E-state index contributed by atoms with van der Waals surface area (Å²) >= 11 is 0. The SMILES string of the molecule is Fc1cncc2cccc(NC3CCNCC3)c12. The van der Waals surface area contributed by atoms with Crippen LogP contribution < -0.4 is 10.6 Å². The Morgan fingerprint density at radius 2 is 2.06 bits per heavy atom. The highest BCUT2D eigenvalue weighted by molar-refractivity contribution is 5.93. The smallest absolute Gasteiger partial charge is 0.151 e. The van der Waals surface area contributed by atoms with Gasteiger partial charge in [0.2, 0.25) is 0 Å². The molecule has 18 heavy (non-hydrogen) atoms. The average Bonchev–Trinajstić information content (AvgIpc) is 2.40. The van der Waals surface area contributed by atoms with Gasteiger partial charge in [-0.2, -0.15) is 0 Å². The van der Waals surface area contributed by atoms with Crippen LogP contribution >= 0.6 is 0 Å². The second kappa shape index (κ2) is 4.90. The molecule has 0 bridgehead atoms. The molecular weight excluding hydrogens is 229 g/mol. The predicted octanol–water partition coefficient (Wildman–Crippen LogP) is 2.54. The molecule has 94 valence electrons. The molecule has 1 aromatic carbocycles. The zero-order valence-electron chi connectivity index (χ0n) is 10.1. The summed E-state index contributed by atoms with van der Waals surface area (Å²) in [6.45, 7) is 2.04. The van der Waals surface area contributed by atoms with E-state index in [4.69, 9.17) is 0 Å². The molecule has 3 rings (SSSR count). The molecule has 0 saturated carbocycles. The molecule has 2 N–H and O–H groups in total. The van der Waals surface area contributed by atoms with Gasteiger partial charge in [-0.05, 0) is 32.0 Å². The van der Waals surface area contributed by atoms with Crippen LogP contribution in [-0.2, 0) is 0 Å². The number of piperidine rings is 1. The van der Waals surface area contributed by atoms with Crippen LogP contribution in [0.1, 0.15) is 12.8 Å². The predicted molar refractivity (Wildman–Crippen MR) is 71.2 cm³/mol. The first-order valence-corrected chi connectivity index (χ1v) is 6.34. The van der Waals surface area contributed by atoms with Gasteiger partial charge in [-0.25, -0.2) is 4.39 Å². The van der Waals surface area contributed by atoms with Gasteiger partial charge in [-0.3, -0.25) is 4.98 Å². The Hall–Kier alpha value is -1.68. The van der Waals surface area contributed by atoms with Gasteiger partial charge in [0.25, 0.3) is 0 Å². The molecule has 0 aliphatic carbocycles. The summed E-state index contributed by atoms with van der Waals surface area (Å²) in [5.41, 5.74) is 0.874. The third kappa shape index (κ3) is 2.16. The molecule has 0 spiro atoms. The Labute approximate surface area is 105 Å². The molecule has 4 heteroatoms. The lowest BCUT2D eigenvalue weighted by Gasteiger charge is -2.25. The summed E-state index contributed by atoms with van der Waals surface area (Å²) in [6, 6.07) is 6.18. The minimum atomic E-state index is -0.260. The Balaban J connectivity index is 1.95. The Morgan fingerprint density at radius 3 is 2.89 bits per heavy atom. The molecule has 2 aromatic rings. The number of anilines is 1. The number of nitrogens with one attached hydrogen (secondary N) is 2. The summed E-state index contributed by atoms with van der Waals surface area (Å²) in [5.74, 6) is -0.260. The number of benzene rings is 1. The maximum absolute atomic E-state index is 13.9. The van der Waals surface area contributed by atoms with Crippen molar-refractivity contribution in [3.05, 3.63) is 36.4 Å². The minimum absolute atomic E-state index is 0.260. The number of halogens is 1. The van der Waals surface area contributed by atoms with Crippen LogP contribution in [-0.4, -0.2) is 24.1 Å². The highest BCUT2D eigenvalue weighted by Crippen LogP contribution is 2.26. The standard InChI is InChI=1S/C14H16FN3/c15-12-9-17-8-10-2-1-3-13(14(10)12)18-11-4-6-16-7-5-11/h1-3,8-9,11,16,18H,4-7H2. The zero-order valence-corrected chi connectivity index (χ0v) is 10.1. The van der Waals surface area contributed by atoms with Crippen molar-refractivity contribution in [3.8, 4) is 0 Å². The fraction of sp³-hybridized carbons (Fsp3) is 0.357. The van der Waals surface area contributed by atoms with Crippen molar-refractivity contribution in [2.75, 3.05) is 18.4 Å². The number of hydrogen-bond acceptors (Lipinski definition) is 3. The first-order valence-electron chi connectivity index (χ1n) is 6.34. The van der Waals surface area contributed by atoms with Crippen molar-refractivity contribution in [1.29, 1.82) is 0 Å². The average molecular weight is 245 g/mol. The minimum Gasteiger partial charge on any atom is -0.382 e. The number of nitrogens with zero attached hydrogens (tertiary/aromatic N) is 1. The Kier molecular flexibility index (Phi) is 3.11. The van der Waals surface area contributed by atoms with Crippen LogP contribution in [0.4, 0.5) is 10.1 Å². The van der Waals surface area contributed by atoms with E-state index in [2.05, 4.69) is 15.6 Å². The maximum Gasteiger partial charge on any atom is 0.151 e. The summed E-state index contributed by atoms with van der Waals surface area (Å²) in [5, 5.41) is 8.27. The zero-order chi connectivity index (χ0) is 12.4. The molecule has 1 fully saturated rings. The van der Waals surface area contributed by atoms with E-state index < -0.39 is 0 Å². The van der Waals surface area contributed by atoms with E-state index in [0.717, 1.165) is 37.0 Å². The van der Waals surface area contributed by atoms with Gasteiger partial charge in [0.05, 0.1) is 6.20 Å². The lowest BCUT2D eigenvalue weighted by Crippen LogP contribution is -2.35. The maximum atomic E-state index is 13.9. The summed E-state index contributed by atoms with van der Waals surface area (Å²) in [7, 11) is 0. The van der Waals surface area contributed by atoms with Crippen molar-refractivity contribution in [3.63, 3.8) is 0 Å². The molecule has 1 aliphatic heterocycles. The van der Waals surface area contributed by atoms with E-state index in [1.54, 1.807) is 6.20 Å². The molecule has 0 amide bonds. The van der Waals surface area contributed by atoms with E-state index in [-0.39, 0.29) is 5.82 Å². The van der Waals surface area contributed by atoms with Crippen molar-refractivity contribution in [1.82, 2.24) is 10.3 Å². The lowest BCUT2D eigenvalue weighted by atomic mass is 10.0. The van der Waals surface area contributed by atoms with Crippen molar-refractivity contribution < 1.29 is 4.39 Å². The fourth-order valence-corrected chi connectivity index (χ4v) is 2.50. The summed E-state index contributed by atoms with van der Waals surface area (Å²) in [4.78, 5) is 3.89. The van der Waals surface area contributed by atoms with Crippen LogP contribution in [0.15, 0.2) is 30.6 Å². The van der Waals surface area contributed by atoms with Gasteiger partial charge in [-0.1, -0.05) is 12.1 Å². The quantitative estimate of drug-likeness (QED) is 0.853. The van der Waals surface area contributed by atoms with E-state index in [9.17, 15) is 4.39 Å². The van der Waals surface area contributed by atoms with E-state index in [1.807, 2.05) is 18.2 Å². The van der Waals surface area contributed by atoms with Crippen LogP contribution in [0, 0.1) is 5.82 Å². The van der Waals surface area contributed by atoms with Crippen LogP contribution in [0.2, 0.25) is 0 Å². The van der Waals surface area contributed by atoms with Gasteiger partial charge < -0.3 is 10.6 Å². The molecule has 0 atom stereocenters. The van der Waals surface area contributed by atoms with Gasteiger partial charge in [0.1, 0.15) is 0 Å². The molecule has 1 aromatic heterocycles. The molecule has 0 unspecified atom stereocenters. The highest BCUT2D eigenvalue weighted by atomic mass is 19.1. The normalized spacial score (nSPS) is 16.9. The number of hydrogen-bond donors (Lipinski definition) is 2. The molecule has 2 heterocycles. The highest BCUT2D eigenvalue weighted by Gasteiger charge is 2.14. The van der Waals surface area contributed by atoms with Crippen LogP contribution in [0.25, 0.3) is 10.8 Å². The van der Waals surface area contributed by atoms with Crippen molar-refractivity contribution in [2.45, 2.75) is 18.9 Å². The van der Waals surface area contributed by atoms with Crippen LogP contribution in [0.3, 0.4) is 0 Å². The largest absolute Gasteiger partial charge is 0.382 e. The summed E-state index contributed by atoms with van der Waals surface area (Å²) in [6.07, 6.45) is 5.12. The molecular formula is C14H16FN3. The number of aromatic nitrogens is 1. The van der Waals surface area contributed by atoms with E-state index in [1.165, 1.54) is 6.20 Å². The third-order valence-corrected chi connectivity index (χ3v) is 3.44. The van der Waals surface area contributed by atoms with Crippen LogP contribution in [0.5, 0.6) is 0 Å². The topological polar surface area (TPSA) is 37.0 Å². The van der Waals surface area contributed by atoms with Gasteiger partial charge in [-0.15, -0.1) is 0 Å². The Bertz CT molecular complexity index is 544. The monoisotopic (exact) mass is 245 g/mol.